The molecule has 192 valence electrons. The van der Waals surface area contributed by atoms with Crippen molar-refractivity contribution in [3.05, 3.63) is 57.5 Å². The lowest BCUT2D eigenvalue weighted by Gasteiger charge is -2.34. The number of carbonyl (C=O) groups excluding carboxylic acids is 2. The standard InChI is InChI=1S/C26H33N5O5/c1-16-9-6-7-10-17(16)14-31-21-19(13-20(23(33)35-5)28-22(21)32)29-24(31)30-12-8-11-18(15-30)27-25(34)36-26(2,3)4/h6-7,9-10,13,18H,8,11-12,14-15H2,1-5H3,(H,27,34)(H,28,32)/t18-/m1/s1. The lowest BCUT2D eigenvalue weighted by atomic mass is 10.1. The van der Waals surface area contributed by atoms with E-state index in [2.05, 4.69) is 15.2 Å². The van der Waals surface area contributed by atoms with E-state index < -0.39 is 23.2 Å². The average molecular weight is 496 g/mol. The van der Waals surface area contributed by atoms with Crippen LogP contribution in [-0.2, 0) is 16.0 Å². The summed E-state index contributed by atoms with van der Waals surface area (Å²) in [5.41, 5.74) is 1.98. The van der Waals surface area contributed by atoms with Crippen LogP contribution in [0.4, 0.5) is 10.7 Å². The lowest BCUT2D eigenvalue weighted by Crippen LogP contribution is -2.49. The summed E-state index contributed by atoms with van der Waals surface area (Å²) in [6.45, 7) is 9.16. The van der Waals surface area contributed by atoms with Crippen LogP contribution in [0.2, 0.25) is 0 Å². The van der Waals surface area contributed by atoms with Gasteiger partial charge in [-0.05, 0) is 57.7 Å². The van der Waals surface area contributed by atoms with Crippen molar-refractivity contribution in [2.24, 2.45) is 0 Å². The van der Waals surface area contributed by atoms with E-state index >= 15 is 0 Å². The number of esters is 1. The maximum absolute atomic E-state index is 13.1. The fraction of sp³-hybridized carbons (Fsp3) is 0.462. The molecule has 0 saturated carbocycles. The number of hydrogen-bond donors (Lipinski definition) is 2. The summed E-state index contributed by atoms with van der Waals surface area (Å²) in [6, 6.07) is 9.38. The molecule has 1 aliphatic rings. The molecule has 10 heteroatoms. The van der Waals surface area contributed by atoms with Gasteiger partial charge in [-0.3, -0.25) is 4.79 Å². The molecule has 10 nitrogen and oxygen atoms in total. The van der Waals surface area contributed by atoms with Gasteiger partial charge in [0.15, 0.2) is 0 Å². The Labute approximate surface area is 209 Å². The third-order valence-electron chi connectivity index (χ3n) is 6.14. The number of amides is 1. The molecule has 1 aliphatic heterocycles. The smallest absolute Gasteiger partial charge is 0.407 e. The van der Waals surface area contributed by atoms with Crippen molar-refractivity contribution < 1.29 is 19.1 Å². The van der Waals surface area contributed by atoms with Crippen LogP contribution in [0, 0.1) is 6.92 Å². The van der Waals surface area contributed by atoms with Crippen molar-refractivity contribution in [2.45, 2.75) is 58.7 Å². The summed E-state index contributed by atoms with van der Waals surface area (Å²) in [5, 5.41) is 2.96. The molecule has 0 unspecified atom stereocenters. The minimum absolute atomic E-state index is 0.0465. The fourth-order valence-corrected chi connectivity index (χ4v) is 4.47. The zero-order chi connectivity index (χ0) is 26.0. The first-order valence-electron chi connectivity index (χ1n) is 12.1. The number of benzene rings is 1. The highest BCUT2D eigenvalue weighted by molar-refractivity contribution is 5.91. The molecule has 1 amide bonds. The number of ether oxygens (including phenoxy) is 2. The van der Waals surface area contributed by atoms with Gasteiger partial charge in [0.05, 0.1) is 19.2 Å². The highest BCUT2D eigenvalue weighted by Crippen LogP contribution is 2.26. The van der Waals surface area contributed by atoms with Crippen molar-refractivity contribution in [1.82, 2.24) is 19.9 Å². The zero-order valence-corrected chi connectivity index (χ0v) is 21.4. The number of alkyl carbamates (subject to hydrolysis) is 1. The van der Waals surface area contributed by atoms with Crippen LogP contribution in [0.15, 0.2) is 35.1 Å². The van der Waals surface area contributed by atoms with E-state index in [-0.39, 0.29) is 11.7 Å². The Balaban J connectivity index is 1.73. The molecule has 1 fully saturated rings. The fourth-order valence-electron chi connectivity index (χ4n) is 4.47. The Hall–Kier alpha value is -3.82. The van der Waals surface area contributed by atoms with Gasteiger partial charge in [-0.25, -0.2) is 14.6 Å². The van der Waals surface area contributed by atoms with E-state index in [9.17, 15) is 14.4 Å². The van der Waals surface area contributed by atoms with Gasteiger partial charge in [-0.1, -0.05) is 24.3 Å². The third-order valence-corrected chi connectivity index (χ3v) is 6.14. The number of fused-ring (bicyclic) bond motifs is 1. The number of rotatable bonds is 5. The topological polar surface area (TPSA) is 119 Å². The van der Waals surface area contributed by atoms with Gasteiger partial charge in [0.1, 0.15) is 16.8 Å². The number of aromatic amines is 1. The van der Waals surface area contributed by atoms with Crippen molar-refractivity contribution >= 4 is 29.0 Å². The van der Waals surface area contributed by atoms with Crippen LogP contribution in [-0.4, -0.2) is 58.4 Å². The van der Waals surface area contributed by atoms with E-state index in [1.165, 1.54) is 7.11 Å². The van der Waals surface area contributed by atoms with Gasteiger partial charge in [0, 0.05) is 19.1 Å². The summed E-state index contributed by atoms with van der Waals surface area (Å²) in [6.07, 6.45) is 1.18. The van der Waals surface area contributed by atoms with Crippen LogP contribution in [0.3, 0.4) is 0 Å². The Morgan fingerprint density at radius 3 is 2.69 bits per heavy atom. The first-order valence-corrected chi connectivity index (χ1v) is 12.1. The number of methoxy groups -OCH3 is 1. The number of aryl methyl sites for hydroxylation is 1. The Kier molecular flexibility index (Phi) is 7.05. The second-order valence-corrected chi connectivity index (χ2v) is 10.1. The van der Waals surface area contributed by atoms with Crippen LogP contribution in [0.1, 0.15) is 55.2 Å². The normalized spacial score (nSPS) is 16.1. The van der Waals surface area contributed by atoms with Gasteiger partial charge < -0.3 is 29.2 Å². The number of nitrogens with zero attached hydrogens (tertiary/aromatic N) is 3. The van der Waals surface area contributed by atoms with Crippen molar-refractivity contribution in [1.29, 1.82) is 0 Å². The minimum Gasteiger partial charge on any atom is -0.464 e. The van der Waals surface area contributed by atoms with Crippen molar-refractivity contribution in [2.75, 3.05) is 25.1 Å². The molecule has 3 heterocycles. The number of carbonyl (C=O) groups is 2. The summed E-state index contributed by atoms with van der Waals surface area (Å²) in [4.78, 5) is 47.1. The number of nitrogens with one attached hydrogen (secondary N) is 2. The Bertz CT molecular complexity index is 1340. The highest BCUT2D eigenvalue weighted by atomic mass is 16.6. The van der Waals surface area contributed by atoms with Crippen LogP contribution in [0.25, 0.3) is 11.0 Å². The Morgan fingerprint density at radius 1 is 1.25 bits per heavy atom. The molecule has 3 aromatic rings. The van der Waals surface area contributed by atoms with E-state index in [0.717, 1.165) is 24.0 Å². The van der Waals surface area contributed by atoms with E-state index in [1.54, 1.807) is 6.07 Å². The molecule has 2 aromatic heterocycles. The summed E-state index contributed by atoms with van der Waals surface area (Å²) in [5.74, 6) is -0.0277. The van der Waals surface area contributed by atoms with Crippen LogP contribution >= 0.6 is 0 Å². The monoisotopic (exact) mass is 495 g/mol. The maximum Gasteiger partial charge on any atom is 0.407 e. The van der Waals surface area contributed by atoms with Gasteiger partial charge in [0.25, 0.3) is 5.56 Å². The highest BCUT2D eigenvalue weighted by Gasteiger charge is 2.28. The number of hydrogen-bond acceptors (Lipinski definition) is 7. The largest absolute Gasteiger partial charge is 0.464 e. The van der Waals surface area contributed by atoms with Crippen molar-refractivity contribution in [3.8, 4) is 0 Å². The molecule has 0 aliphatic carbocycles. The molecule has 4 rings (SSSR count). The molecule has 1 saturated heterocycles. The van der Waals surface area contributed by atoms with E-state index in [4.69, 9.17) is 14.5 Å². The van der Waals surface area contributed by atoms with E-state index in [1.807, 2.05) is 56.5 Å². The number of H-pyrrole nitrogens is 1. The van der Waals surface area contributed by atoms with Crippen LogP contribution < -0.4 is 15.8 Å². The number of piperidine rings is 1. The molecular weight excluding hydrogens is 462 g/mol. The van der Waals surface area contributed by atoms with Gasteiger partial charge in [0.2, 0.25) is 5.95 Å². The third kappa shape index (κ3) is 5.53. The first-order chi connectivity index (χ1) is 17.1. The molecule has 36 heavy (non-hydrogen) atoms. The molecule has 0 spiro atoms. The lowest BCUT2D eigenvalue weighted by molar-refractivity contribution is 0.0498. The number of anilines is 1. The molecule has 0 bridgehead atoms. The molecular formula is C26H33N5O5. The molecule has 1 aromatic carbocycles. The summed E-state index contributed by atoms with van der Waals surface area (Å²) < 4.78 is 12.1. The second kappa shape index (κ2) is 10.0. The van der Waals surface area contributed by atoms with Gasteiger partial charge >= 0.3 is 12.1 Å². The van der Waals surface area contributed by atoms with Gasteiger partial charge in [-0.2, -0.15) is 0 Å². The molecule has 2 N–H and O–H groups in total. The molecule has 1 atom stereocenters. The first kappa shape index (κ1) is 25.3. The minimum atomic E-state index is -0.636. The number of aromatic nitrogens is 3. The van der Waals surface area contributed by atoms with Gasteiger partial charge in [-0.15, -0.1) is 0 Å². The quantitative estimate of drug-likeness (QED) is 0.521. The maximum atomic E-state index is 13.1. The average Bonchev–Trinajstić information content (AvgIpc) is 3.17. The summed E-state index contributed by atoms with van der Waals surface area (Å²) >= 11 is 0. The SMILES string of the molecule is COC(=O)c1cc2nc(N3CCC[C@@H](NC(=O)OC(C)(C)C)C3)n(Cc3ccccc3C)c2c(=O)[nH]1. The second-order valence-electron chi connectivity index (χ2n) is 10.1. The number of imidazole rings is 1. The zero-order valence-electron chi connectivity index (χ0n) is 21.4. The predicted molar refractivity (Wildman–Crippen MR) is 137 cm³/mol. The Morgan fingerprint density at radius 2 is 2.00 bits per heavy atom. The number of pyridine rings is 1. The predicted octanol–water partition coefficient (Wildman–Crippen LogP) is 3.36. The molecule has 0 radical (unpaired) electrons. The summed E-state index contributed by atoms with van der Waals surface area (Å²) in [7, 11) is 1.26. The van der Waals surface area contributed by atoms with E-state index in [0.29, 0.717) is 36.6 Å². The van der Waals surface area contributed by atoms with Crippen molar-refractivity contribution in [3.63, 3.8) is 0 Å². The van der Waals surface area contributed by atoms with Crippen LogP contribution in [0.5, 0.6) is 0 Å².